The van der Waals surface area contributed by atoms with Gasteiger partial charge in [0.25, 0.3) is 11.7 Å². The van der Waals surface area contributed by atoms with E-state index in [0.29, 0.717) is 0 Å². The van der Waals surface area contributed by atoms with Crippen molar-refractivity contribution in [1.29, 1.82) is 0 Å². The van der Waals surface area contributed by atoms with Crippen LogP contribution in [-0.2, 0) is 9.59 Å². The zero-order valence-electron chi connectivity index (χ0n) is 9.98. The van der Waals surface area contributed by atoms with Crippen molar-refractivity contribution in [2.45, 2.75) is 0 Å². The first-order valence-electron chi connectivity index (χ1n) is 5.58. The second-order valence-corrected chi connectivity index (χ2v) is 3.95. The molecule has 0 aromatic heterocycles. The molecule has 6 heteroatoms. The highest BCUT2D eigenvalue weighted by Crippen LogP contribution is 2.31. The lowest BCUT2D eigenvalue weighted by molar-refractivity contribution is -0.122. The highest BCUT2D eigenvalue weighted by atomic mass is 19.1. The third-order valence-electron chi connectivity index (χ3n) is 2.69. The van der Waals surface area contributed by atoms with E-state index >= 15 is 0 Å². The Bertz CT molecular complexity index is 583. The molecule has 1 aromatic rings. The van der Waals surface area contributed by atoms with Gasteiger partial charge in [0.05, 0.1) is 11.3 Å². The summed E-state index contributed by atoms with van der Waals surface area (Å²) in [5.74, 6) is -2.88. The van der Waals surface area contributed by atoms with Gasteiger partial charge in [-0.1, -0.05) is 12.1 Å². The van der Waals surface area contributed by atoms with E-state index in [0.717, 1.165) is 11.0 Å². The molecule has 1 aliphatic heterocycles. The number of Topliss-reactive ketones (excluding diaryl/α,β-unsaturated/α-hetero) is 1. The van der Waals surface area contributed by atoms with Gasteiger partial charge in [-0.3, -0.25) is 19.3 Å². The van der Waals surface area contributed by atoms with Crippen molar-refractivity contribution in [2.75, 3.05) is 18.0 Å². The van der Waals surface area contributed by atoms with Crippen LogP contribution in [0.3, 0.4) is 0 Å². The van der Waals surface area contributed by atoms with E-state index in [1.54, 1.807) is 0 Å². The molecule has 0 saturated heterocycles. The van der Waals surface area contributed by atoms with Crippen LogP contribution >= 0.6 is 0 Å². The Balaban J connectivity index is 2.28. The van der Waals surface area contributed by atoms with Crippen LogP contribution in [0.15, 0.2) is 30.9 Å². The Labute approximate surface area is 108 Å². The van der Waals surface area contributed by atoms with Gasteiger partial charge >= 0.3 is 0 Å². The number of nitrogens with zero attached hydrogens (tertiary/aromatic N) is 1. The third kappa shape index (κ3) is 2.24. The number of halogens is 1. The summed E-state index contributed by atoms with van der Waals surface area (Å²) in [6, 6.07) is 3.85. The number of carbonyl (C=O) groups excluding carboxylic acids is 3. The molecule has 1 aliphatic rings. The van der Waals surface area contributed by atoms with Crippen molar-refractivity contribution < 1.29 is 18.8 Å². The fourth-order valence-electron chi connectivity index (χ4n) is 1.85. The first-order valence-corrected chi connectivity index (χ1v) is 5.58. The molecule has 2 amide bonds. The number of para-hydroxylation sites is 1. The molecule has 1 heterocycles. The van der Waals surface area contributed by atoms with Crippen molar-refractivity contribution in [3.05, 3.63) is 42.2 Å². The van der Waals surface area contributed by atoms with Gasteiger partial charge in [-0.25, -0.2) is 4.39 Å². The molecule has 0 saturated carbocycles. The topological polar surface area (TPSA) is 66.5 Å². The lowest BCUT2D eigenvalue weighted by atomic mass is 10.1. The maximum atomic E-state index is 13.7. The van der Waals surface area contributed by atoms with Crippen LogP contribution < -0.4 is 10.2 Å². The van der Waals surface area contributed by atoms with E-state index in [2.05, 4.69) is 11.9 Å². The third-order valence-corrected chi connectivity index (χ3v) is 2.69. The van der Waals surface area contributed by atoms with E-state index in [-0.39, 0.29) is 17.8 Å². The monoisotopic (exact) mass is 262 g/mol. The maximum Gasteiger partial charge on any atom is 0.300 e. The van der Waals surface area contributed by atoms with Gasteiger partial charge in [0.1, 0.15) is 12.4 Å². The van der Waals surface area contributed by atoms with E-state index in [9.17, 15) is 18.8 Å². The number of carbonyl (C=O) groups is 3. The molecular weight excluding hydrogens is 251 g/mol. The smallest absolute Gasteiger partial charge is 0.300 e. The number of amides is 2. The fourth-order valence-corrected chi connectivity index (χ4v) is 1.85. The second-order valence-electron chi connectivity index (χ2n) is 3.95. The predicted octanol–water partition coefficient (Wildman–Crippen LogP) is 0.657. The Kier molecular flexibility index (Phi) is 3.41. The van der Waals surface area contributed by atoms with Crippen molar-refractivity contribution in [2.24, 2.45) is 0 Å². The Morgan fingerprint density at radius 3 is 2.84 bits per heavy atom. The highest BCUT2D eigenvalue weighted by molar-refractivity contribution is 6.52. The molecule has 1 N–H and O–H groups in total. The van der Waals surface area contributed by atoms with Crippen LogP contribution in [0.5, 0.6) is 0 Å². The molecule has 0 spiro atoms. The SMILES string of the molecule is C=CCNC(=O)CN1C(=O)C(=O)c2cccc(F)c21. The summed E-state index contributed by atoms with van der Waals surface area (Å²) in [5, 5.41) is 2.46. The first-order chi connectivity index (χ1) is 9.06. The van der Waals surface area contributed by atoms with Crippen molar-refractivity contribution in [1.82, 2.24) is 5.32 Å². The van der Waals surface area contributed by atoms with Gasteiger partial charge in [0.2, 0.25) is 5.91 Å². The van der Waals surface area contributed by atoms with Gasteiger partial charge in [-0.2, -0.15) is 0 Å². The second kappa shape index (κ2) is 5.01. The minimum atomic E-state index is -0.895. The summed E-state index contributed by atoms with van der Waals surface area (Å²) in [5.41, 5.74) is -0.146. The number of ketones is 1. The largest absolute Gasteiger partial charge is 0.351 e. The van der Waals surface area contributed by atoms with Crippen LogP contribution in [0.25, 0.3) is 0 Å². The first kappa shape index (κ1) is 12.9. The molecule has 0 atom stereocenters. The van der Waals surface area contributed by atoms with Gasteiger partial charge in [-0.05, 0) is 12.1 Å². The number of hydrogen-bond acceptors (Lipinski definition) is 3. The number of nitrogens with one attached hydrogen (secondary N) is 1. The molecule has 0 radical (unpaired) electrons. The molecule has 1 aromatic carbocycles. The van der Waals surface area contributed by atoms with Crippen LogP contribution in [-0.4, -0.2) is 30.7 Å². The van der Waals surface area contributed by atoms with Gasteiger partial charge < -0.3 is 5.32 Å². The number of fused-ring (bicyclic) bond motifs is 1. The standard InChI is InChI=1S/C13H11FN2O3/c1-2-6-15-10(17)7-16-11-8(12(18)13(16)19)4-3-5-9(11)14/h2-5H,1,6-7H2,(H,15,17). The molecule has 5 nitrogen and oxygen atoms in total. The number of anilines is 1. The lowest BCUT2D eigenvalue weighted by Crippen LogP contribution is -2.40. The lowest BCUT2D eigenvalue weighted by Gasteiger charge is -2.16. The van der Waals surface area contributed by atoms with E-state index in [1.807, 2.05) is 0 Å². The molecule has 0 fully saturated rings. The van der Waals surface area contributed by atoms with E-state index < -0.39 is 30.0 Å². The van der Waals surface area contributed by atoms with Gasteiger partial charge in [0, 0.05) is 6.54 Å². The summed E-state index contributed by atoms with van der Waals surface area (Å²) in [6.07, 6.45) is 1.48. The predicted molar refractivity (Wildman–Crippen MR) is 66.3 cm³/mol. The van der Waals surface area contributed by atoms with Crippen LogP contribution in [0.2, 0.25) is 0 Å². The van der Waals surface area contributed by atoms with E-state index in [1.165, 1.54) is 18.2 Å². The zero-order valence-corrected chi connectivity index (χ0v) is 9.98. The summed E-state index contributed by atoms with van der Waals surface area (Å²) in [4.78, 5) is 35.8. The van der Waals surface area contributed by atoms with Gasteiger partial charge in [-0.15, -0.1) is 6.58 Å². The molecule has 0 aliphatic carbocycles. The summed E-state index contributed by atoms with van der Waals surface area (Å²) in [6.45, 7) is 3.27. The normalized spacial score (nSPS) is 13.4. The van der Waals surface area contributed by atoms with Crippen LogP contribution in [0, 0.1) is 5.82 Å². The Morgan fingerprint density at radius 1 is 1.42 bits per heavy atom. The van der Waals surface area contributed by atoms with E-state index in [4.69, 9.17) is 0 Å². The average molecular weight is 262 g/mol. The molecular formula is C13H11FN2O3. The van der Waals surface area contributed by atoms with Crippen LogP contribution in [0.1, 0.15) is 10.4 Å². The van der Waals surface area contributed by atoms with Crippen LogP contribution in [0.4, 0.5) is 10.1 Å². The minimum absolute atomic E-state index is 0.0125. The molecule has 19 heavy (non-hydrogen) atoms. The van der Waals surface area contributed by atoms with Crippen molar-refractivity contribution in [3.63, 3.8) is 0 Å². The summed E-state index contributed by atoms with van der Waals surface area (Å²) in [7, 11) is 0. The summed E-state index contributed by atoms with van der Waals surface area (Å²) >= 11 is 0. The maximum absolute atomic E-state index is 13.7. The number of rotatable bonds is 4. The molecule has 0 unspecified atom stereocenters. The molecule has 0 bridgehead atoms. The molecule has 2 rings (SSSR count). The fraction of sp³-hybridized carbons (Fsp3) is 0.154. The quantitative estimate of drug-likeness (QED) is 0.640. The summed E-state index contributed by atoms with van der Waals surface area (Å²) < 4.78 is 13.7. The zero-order chi connectivity index (χ0) is 14.0. The Hall–Kier alpha value is -2.50. The molecule has 98 valence electrons. The Morgan fingerprint density at radius 2 is 2.16 bits per heavy atom. The average Bonchev–Trinajstić information content (AvgIpc) is 2.63. The highest BCUT2D eigenvalue weighted by Gasteiger charge is 2.38. The van der Waals surface area contributed by atoms with Gasteiger partial charge in [0.15, 0.2) is 0 Å². The van der Waals surface area contributed by atoms with Crippen molar-refractivity contribution >= 4 is 23.3 Å². The number of benzene rings is 1. The minimum Gasteiger partial charge on any atom is -0.351 e. The van der Waals surface area contributed by atoms with Crippen molar-refractivity contribution in [3.8, 4) is 0 Å². The number of hydrogen-bond donors (Lipinski definition) is 1.